The lowest BCUT2D eigenvalue weighted by atomic mass is 9.97. The average molecular weight is 439 g/mol. The normalized spacial score (nSPS) is 10.4. The van der Waals surface area contributed by atoms with E-state index in [4.69, 9.17) is 28.4 Å². The van der Waals surface area contributed by atoms with Crippen LogP contribution < -0.4 is 28.4 Å². The van der Waals surface area contributed by atoms with Crippen molar-refractivity contribution in [2.45, 2.75) is 13.8 Å². The molecule has 3 rings (SSSR count). The summed E-state index contributed by atoms with van der Waals surface area (Å²) >= 11 is 0. The lowest BCUT2D eigenvalue weighted by Crippen LogP contribution is -2.02. The van der Waals surface area contributed by atoms with Crippen molar-refractivity contribution in [3.05, 3.63) is 48.5 Å². The Labute approximate surface area is 189 Å². The Balaban J connectivity index is 2.22. The van der Waals surface area contributed by atoms with Crippen LogP contribution in [-0.4, -0.2) is 41.7 Å². The molecular formula is C26H30O6. The van der Waals surface area contributed by atoms with Gasteiger partial charge >= 0.3 is 0 Å². The summed E-state index contributed by atoms with van der Waals surface area (Å²) in [5.74, 6) is 3.98. The Morgan fingerprint density at radius 3 is 1.19 bits per heavy atom. The Morgan fingerprint density at radius 1 is 0.500 bits per heavy atom. The number of hydrogen-bond acceptors (Lipinski definition) is 6. The molecule has 0 aliphatic rings. The highest BCUT2D eigenvalue weighted by Crippen LogP contribution is 2.47. The summed E-state index contributed by atoms with van der Waals surface area (Å²) in [6.07, 6.45) is 0. The van der Waals surface area contributed by atoms with Crippen molar-refractivity contribution in [3.63, 3.8) is 0 Å². The molecule has 0 fully saturated rings. The summed E-state index contributed by atoms with van der Waals surface area (Å²) in [6.45, 7) is 4.90. The molecule has 3 aromatic rings. The van der Waals surface area contributed by atoms with E-state index in [1.807, 2.05) is 62.4 Å². The molecule has 0 aromatic heterocycles. The van der Waals surface area contributed by atoms with Crippen LogP contribution >= 0.6 is 0 Å². The first kappa shape index (κ1) is 23.1. The van der Waals surface area contributed by atoms with Gasteiger partial charge in [0, 0.05) is 11.1 Å². The number of ether oxygens (including phenoxy) is 6. The van der Waals surface area contributed by atoms with Gasteiger partial charge in [0.05, 0.1) is 41.7 Å². The maximum Gasteiger partial charge on any atom is 0.169 e. The predicted octanol–water partition coefficient (Wildman–Crippen LogP) is 5.85. The summed E-state index contributed by atoms with van der Waals surface area (Å²) in [6, 6.07) is 15.6. The minimum absolute atomic E-state index is 0.496. The van der Waals surface area contributed by atoms with Crippen molar-refractivity contribution in [2.75, 3.05) is 41.7 Å². The zero-order valence-corrected chi connectivity index (χ0v) is 19.5. The van der Waals surface area contributed by atoms with Crippen LogP contribution in [0.5, 0.6) is 34.5 Å². The predicted molar refractivity (Wildman–Crippen MR) is 126 cm³/mol. The lowest BCUT2D eigenvalue weighted by Gasteiger charge is -2.20. The summed E-state index contributed by atoms with van der Waals surface area (Å²) in [5, 5.41) is 0. The topological polar surface area (TPSA) is 55.4 Å². The van der Waals surface area contributed by atoms with Crippen LogP contribution in [0.3, 0.4) is 0 Å². The molecule has 6 nitrogen and oxygen atoms in total. The molecule has 0 N–H and O–H groups in total. The van der Waals surface area contributed by atoms with Gasteiger partial charge in [0.1, 0.15) is 0 Å². The lowest BCUT2D eigenvalue weighted by molar-refractivity contribution is 0.290. The molecule has 0 heterocycles. The molecule has 0 bridgehead atoms. The van der Waals surface area contributed by atoms with Crippen LogP contribution in [0.1, 0.15) is 13.8 Å². The van der Waals surface area contributed by atoms with E-state index in [0.717, 1.165) is 22.3 Å². The van der Waals surface area contributed by atoms with Gasteiger partial charge in [-0.15, -0.1) is 0 Å². The molecule has 6 heteroatoms. The zero-order valence-electron chi connectivity index (χ0n) is 19.5. The monoisotopic (exact) mass is 438 g/mol. The Morgan fingerprint density at radius 2 is 0.875 bits per heavy atom. The van der Waals surface area contributed by atoms with Gasteiger partial charge in [-0.25, -0.2) is 0 Å². The quantitative estimate of drug-likeness (QED) is 0.396. The third-order valence-corrected chi connectivity index (χ3v) is 5.08. The Bertz CT molecular complexity index is 976. The van der Waals surface area contributed by atoms with Crippen molar-refractivity contribution in [1.29, 1.82) is 0 Å². The second-order valence-corrected chi connectivity index (χ2v) is 6.82. The molecule has 0 radical (unpaired) electrons. The van der Waals surface area contributed by atoms with Gasteiger partial charge < -0.3 is 28.4 Å². The third-order valence-electron chi connectivity index (χ3n) is 5.08. The highest BCUT2D eigenvalue weighted by Gasteiger charge is 2.20. The fraction of sp³-hybridized carbons (Fsp3) is 0.308. The summed E-state index contributed by atoms with van der Waals surface area (Å²) in [5.41, 5.74) is 3.68. The molecule has 0 unspecified atom stereocenters. The zero-order chi connectivity index (χ0) is 23.1. The smallest absolute Gasteiger partial charge is 0.169 e. The maximum atomic E-state index is 6.12. The maximum absolute atomic E-state index is 6.12. The summed E-state index contributed by atoms with van der Waals surface area (Å²) < 4.78 is 34.0. The van der Waals surface area contributed by atoms with E-state index in [9.17, 15) is 0 Å². The summed E-state index contributed by atoms with van der Waals surface area (Å²) in [4.78, 5) is 0. The molecule has 32 heavy (non-hydrogen) atoms. The number of hydrogen-bond donors (Lipinski definition) is 0. The van der Waals surface area contributed by atoms with Gasteiger partial charge in [-0.05, 0) is 61.4 Å². The molecule has 0 amide bonds. The van der Waals surface area contributed by atoms with E-state index in [1.165, 1.54) is 0 Å². The van der Waals surface area contributed by atoms with Crippen LogP contribution in [-0.2, 0) is 0 Å². The van der Waals surface area contributed by atoms with E-state index >= 15 is 0 Å². The molecule has 0 atom stereocenters. The average Bonchev–Trinajstić information content (AvgIpc) is 2.84. The van der Waals surface area contributed by atoms with Gasteiger partial charge in [0.25, 0.3) is 0 Å². The number of benzene rings is 3. The number of rotatable bonds is 10. The van der Waals surface area contributed by atoms with Gasteiger partial charge in [-0.3, -0.25) is 0 Å². The first-order chi connectivity index (χ1) is 15.6. The highest BCUT2D eigenvalue weighted by molar-refractivity contribution is 5.84. The molecule has 3 aromatic carbocycles. The highest BCUT2D eigenvalue weighted by atomic mass is 16.5. The fourth-order valence-electron chi connectivity index (χ4n) is 3.60. The van der Waals surface area contributed by atoms with Gasteiger partial charge in [-0.2, -0.15) is 0 Å². The number of methoxy groups -OCH3 is 4. The van der Waals surface area contributed by atoms with Crippen molar-refractivity contribution in [3.8, 4) is 56.8 Å². The van der Waals surface area contributed by atoms with E-state index in [0.29, 0.717) is 47.7 Å². The Kier molecular flexibility index (Phi) is 7.71. The van der Waals surface area contributed by atoms with Gasteiger partial charge in [0.15, 0.2) is 34.5 Å². The van der Waals surface area contributed by atoms with Crippen LogP contribution in [0.4, 0.5) is 0 Å². The fourth-order valence-corrected chi connectivity index (χ4v) is 3.60. The third kappa shape index (κ3) is 4.54. The second kappa shape index (κ2) is 10.7. The van der Waals surface area contributed by atoms with Gasteiger partial charge in [0.2, 0.25) is 0 Å². The minimum Gasteiger partial charge on any atom is -0.493 e. The van der Waals surface area contributed by atoms with Crippen molar-refractivity contribution in [2.24, 2.45) is 0 Å². The first-order valence-electron chi connectivity index (χ1n) is 10.5. The first-order valence-corrected chi connectivity index (χ1v) is 10.5. The largest absolute Gasteiger partial charge is 0.493 e. The molecule has 0 saturated carbocycles. The van der Waals surface area contributed by atoms with E-state index in [1.54, 1.807) is 28.4 Å². The van der Waals surface area contributed by atoms with Crippen molar-refractivity contribution >= 4 is 0 Å². The molecule has 0 aliphatic carbocycles. The second-order valence-electron chi connectivity index (χ2n) is 6.82. The van der Waals surface area contributed by atoms with Gasteiger partial charge in [-0.1, -0.05) is 12.1 Å². The Hall–Kier alpha value is -3.54. The van der Waals surface area contributed by atoms with Crippen LogP contribution in [0.2, 0.25) is 0 Å². The molecule has 170 valence electrons. The summed E-state index contributed by atoms with van der Waals surface area (Å²) in [7, 11) is 6.48. The van der Waals surface area contributed by atoms with Crippen molar-refractivity contribution in [1.82, 2.24) is 0 Å². The van der Waals surface area contributed by atoms with Crippen molar-refractivity contribution < 1.29 is 28.4 Å². The van der Waals surface area contributed by atoms with Crippen LogP contribution in [0.25, 0.3) is 22.3 Å². The standard InChI is InChI=1S/C26H30O6/c1-7-31-25-19(17-9-13-21(27-3)23(15-17)29-5)11-12-20(26(25)32-8-2)18-10-14-22(28-4)24(16-18)30-6/h9-16H,7-8H2,1-6H3. The minimum atomic E-state index is 0.496. The van der Waals surface area contributed by atoms with E-state index < -0.39 is 0 Å². The SMILES string of the molecule is CCOc1c(-c2ccc(OC)c(OC)c2)ccc(-c2ccc(OC)c(OC)c2)c1OCC. The molecular weight excluding hydrogens is 408 g/mol. The van der Waals surface area contributed by atoms with E-state index in [-0.39, 0.29) is 0 Å². The molecule has 0 spiro atoms. The van der Waals surface area contributed by atoms with Crippen LogP contribution in [0.15, 0.2) is 48.5 Å². The molecule has 0 saturated heterocycles. The molecule has 0 aliphatic heterocycles. The van der Waals surface area contributed by atoms with Crippen LogP contribution in [0, 0.1) is 0 Å². The van der Waals surface area contributed by atoms with E-state index in [2.05, 4.69) is 0 Å².